The first-order chi connectivity index (χ1) is 8.82. The van der Waals surface area contributed by atoms with E-state index in [2.05, 4.69) is 5.32 Å². The van der Waals surface area contributed by atoms with E-state index in [1.807, 2.05) is 0 Å². The van der Waals surface area contributed by atoms with Crippen molar-refractivity contribution >= 4 is 22.0 Å². The molecular weight excluding hydrogens is 276 g/mol. The molecule has 0 amide bonds. The van der Waals surface area contributed by atoms with Gasteiger partial charge in [-0.3, -0.25) is 9.59 Å². The topological polar surface area (TPSA) is 113 Å². The molecule has 1 heterocycles. The fraction of sp³-hybridized carbons (Fsp3) is 0.800. The van der Waals surface area contributed by atoms with E-state index >= 15 is 0 Å². The molecule has 8 nitrogen and oxygen atoms in total. The fourth-order valence-electron chi connectivity index (χ4n) is 1.76. The number of esters is 1. The maximum absolute atomic E-state index is 12.2. The Labute approximate surface area is 111 Å². The second-order valence-corrected chi connectivity index (χ2v) is 6.31. The van der Waals surface area contributed by atoms with E-state index in [1.165, 1.54) is 0 Å². The third-order valence-corrected chi connectivity index (χ3v) is 5.06. The molecule has 2 N–H and O–H groups in total. The second kappa shape index (κ2) is 6.31. The van der Waals surface area contributed by atoms with Gasteiger partial charge in [0, 0.05) is 19.6 Å². The summed E-state index contributed by atoms with van der Waals surface area (Å²) in [7, 11) is -4.08. The average molecular weight is 294 g/mol. The van der Waals surface area contributed by atoms with Crippen LogP contribution in [0.15, 0.2) is 0 Å². The third kappa shape index (κ3) is 3.43. The lowest BCUT2D eigenvalue weighted by Crippen LogP contribution is -2.59. The van der Waals surface area contributed by atoms with Gasteiger partial charge in [-0.05, 0) is 13.8 Å². The van der Waals surface area contributed by atoms with E-state index in [9.17, 15) is 18.0 Å². The van der Waals surface area contributed by atoms with Gasteiger partial charge in [-0.15, -0.1) is 0 Å². The van der Waals surface area contributed by atoms with Gasteiger partial charge in [0.25, 0.3) is 0 Å². The maximum atomic E-state index is 12.2. The molecule has 0 bridgehead atoms. The van der Waals surface area contributed by atoms with Crippen molar-refractivity contribution in [3.63, 3.8) is 0 Å². The van der Waals surface area contributed by atoms with E-state index in [0.29, 0.717) is 6.54 Å². The van der Waals surface area contributed by atoms with Crippen LogP contribution in [0.1, 0.15) is 13.8 Å². The van der Waals surface area contributed by atoms with Crippen LogP contribution in [0.5, 0.6) is 0 Å². The van der Waals surface area contributed by atoms with Crippen molar-refractivity contribution in [2.24, 2.45) is 0 Å². The zero-order valence-electron chi connectivity index (χ0n) is 10.8. The third-order valence-electron chi connectivity index (χ3n) is 2.87. The van der Waals surface area contributed by atoms with Gasteiger partial charge in [0.05, 0.1) is 6.61 Å². The van der Waals surface area contributed by atoms with E-state index < -0.39 is 33.3 Å². The average Bonchev–Trinajstić information content (AvgIpc) is 2.38. The molecule has 0 saturated carbocycles. The zero-order valence-corrected chi connectivity index (χ0v) is 11.6. The quantitative estimate of drug-likeness (QED) is 0.601. The van der Waals surface area contributed by atoms with Gasteiger partial charge in [-0.2, -0.15) is 4.31 Å². The van der Waals surface area contributed by atoms with Gasteiger partial charge in [-0.25, -0.2) is 8.42 Å². The molecule has 2 atom stereocenters. The Morgan fingerprint density at radius 1 is 1.53 bits per heavy atom. The van der Waals surface area contributed by atoms with Crippen molar-refractivity contribution in [2.75, 3.05) is 26.2 Å². The monoisotopic (exact) mass is 294 g/mol. The van der Waals surface area contributed by atoms with Gasteiger partial charge in [0.1, 0.15) is 6.04 Å². The molecular formula is C10H18N2O6S. The number of hydrogen-bond acceptors (Lipinski definition) is 6. The lowest BCUT2D eigenvalue weighted by Gasteiger charge is -2.34. The minimum absolute atomic E-state index is 0.0451. The van der Waals surface area contributed by atoms with E-state index in [4.69, 9.17) is 9.84 Å². The van der Waals surface area contributed by atoms with Crippen LogP contribution in [-0.2, 0) is 24.3 Å². The first-order valence-corrected chi connectivity index (χ1v) is 7.43. The Bertz CT molecular complexity index is 449. The normalized spacial score (nSPS) is 22.7. The minimum atomic E-state index is -4.08. The van der Waals surface area contributed by atoms with Crippen LogP contribution in [-0.4, -0.2) is 67.3 Å². The summed E-state index contributed by atoms with van der Waals surface area (Å²) in [4.78, 5) is 22.6. The minimum Gasteiger partial charge on any atom is -0.480 e. The van der Waals surface area contributed by atoms with Gasteiger partial charge in [0.15, 0.2) is 5.25 Å². The molecule has 1 saturated heterocycles. The van der Waals surface area contributed by atoms with Gasteiger partial charge < -0.3 is 15.2 Å². The summed E-state index contributed by atoms with van der Waals surface area (Å²) in [6.45, 7) is 3.36. The summed E-state index contributed by atoms with van der Waals surface area (Å²) >= 11 is 0. The Hall–Kier alpha value is -1.19. The molecule has 0 spiro atoms. The summed E-state index contributed by atoms with van der Waals surface area (Å²) in [5.74, 6) is -2.11. The summed E-state index contributed by atoms with van der Waals surface area (Å²) in [5, 5.41) is 10.1. The number of aliphatic carboxylic acids is 1. The molecule has 1 fully saturated rings. The standard InChI is InChI=1S/C10H18N2O6S/c1-3-18-10(15)8-6-11-4-5-12(8)19(16,17)7(2)9(13)14/h7-8,11H,3-6H2,1-2H3,(H,13,14). The number of piperazine rings is 1. The molecule has 9 heteroatoms. The van der Waals surface area contributed by atoms with Gasteiger partial charge in [0.2, 0.25) is 10.0 Å². The van der Waals surface area contributed by atoms with Crippen molar-refractivity contribution in [2.45, 2.75) is 25.1 Å². The van der Waals surface area contributed by atoms with Crippen molar-refractivity contribution < 1.29 is 27.9 Å². The summed E-state index contributed by atoms with van der Waals surface area (Å²) in [6.07, 6.45) is 0. The lowest BCUT2D eigenvalue weighted by atomic mass is 10.2. The van der Waals surface area contributed by atoms with Crippen LogP contribution in [0, 0.1) is 0 Å². The van der Waals surface area contributed by atoms with Crippen LogP contribution in [0.4, 0.5) is 0 Å². The molecule has 1 aliphatic heterocycles. The fourth-order valence-corrected chi connectivity index (χ4v) is 3.28. The number of nitrogens with zero attached hydrogens (tertiary/aromatic N) is 1. The number of hydrogen-bond donors (Lipinski definition) is 2. The molecule has 1 rings (SSSR count). The maximum Gasteiger partial charge on any atom is 0.325 e. The molecule has 19 heavy (non-hydrogen) atoms. The van der Waals surface area contributed by atoms with Crippen molar-refractivity contribution in [1.82, 2.24) is 9.62 Å². The summed E-state index contributed by atoms with van der Waals surface area (Å²) in [6, 6.07) is -1.01. The lowest BCUT2D eigenvalue weighted by molar-refractivity contribution is -0.148. The summed E-state index contributed by atoms with van der Waals surface area (Å²) in [5.41, 5.74) is 0. The number of carboxylic acids is 1. The Balaban J connectivity index is 3.00. The van der Waals surface area contributed by atoms with Crippen molar-refractivity contribution in [3.05, 3.63) is 0 Å². The number of rotatable bonds is 5. The highest BCUT2D eigenvalue weighted by Gasteiger charge is 2.42. The highest BCUT2D eigenvalue weighted by Crippen LogP contribution is 2.16. The number of ether oxygens (including phenoxy) is 1. The second-order valence-electron chi connectivity index (χ2n) is 4.11. The zero-order chi connectivity index (χ0) is 14.6. The Morgan fingerprint density at radius 2 is 2.16 bits per heavy atom. The predicted octanol–water partition coefficient (Wildman–Crippen LogP) is -1.37. The van der Waals surface area contributed by atoms with Gasteiger partial charge in [-0.1, -0.05) is 0 Å². The Morgan fingerprint density at radius 3 is 2.68 bits per heavy atom. The van der Waals surface area contributed by atoms with Crippen LogP contribution in [0.3, 0.4) is 0 Å². The molecule has 2 unspecified atom stereocenters. The molecule has 0 aliphatic carbocycles. The van der Waals surface area contributed by atoms with Crippen LogP contribution < -0.4 is 5.32 Å². The van der Waals surface area contributed by atoms with Gasteiger partial charge >= 0.3 is 11.9 Å². The molecule has 0 aromatic heterocycles. The highest BCUT2D eigenvalue weighted by atomic mass is 32.2. The van der Waals surface area contributed by atoms with E-state index in [1.54, 1.807) is 6.92 Å². The van der Waals surface area contributed by atoms with Crippen LogP contribution >= 0.6 is 0 Å². The number of sulfonamides is 1. The molecule has 1 aliphatic rings. The molecule has 110 valence electrons. The first-order valence-electron chi connectivity index (χ1n) is 5.93. The SMILES string of the molecule is CCOC(=O)C1CNCCN1S(=O)(=O)C(C)C(=O)O. The number of nitrogens with one attached hydrogen (secondary N) is 1. The number of carboxylic acid groups (broad SMARTS) is 1. The van der Waals surface area contributed by atoms with E-state index in [0.717, 1.165) is 11.2 Å². The number of carbonyl (C=O) groups excluding carboxylic acids is 1. The number of carbonyl (C=O) groups is 2. The Kier molecular flexibility index (Phi) is 5.27. The molecule has 0 radical (unpaired) electrons. The van der Waals surface area contributed by atoms with Crippen LogP contribution in [0.25, 0.3) is 0 Å². The molecule has 0 aromatic rings. The predicted molar refractivity (Wildman–Crippen MR) is 66.0 cm³/mol. The molecule has 0 aromatic carbocycles. The van der Waals surface area contributed by atoms with Crippen molar-refractivity contribution in [3.8, 4) is 0 Å². The summed E-state index contributed by atoms with van der Waals surface area (Å²) < 4.78 is 30.0. The van der Waals surface area contributed by atoms with Crippen molar-refractivity contribution in [1.29, 1.82) is 0 Å². The largest absolute Gasteiger partial charge is 0.480 e. The highest BCUT2D eigenvalue weighted by molar-refractivity contribution is 7.90. The van der Waals surface area contributed by atoms with Crippen LogP contribution in [0.2, 0.25) is 0 Å². The smallest absolute Gasteiger partial charge is 0.325 e. The van der Waals surface area contributed by atoms with E-state index in [-0.39, 0.29) is 19.7 Å². The first kappa shape index (κ1) is 15.9.